The minimum absolute atomic E-state index is 0.327. The standard InChI is InChI=1S/C20H35NO/c1-6-10-14-21(15-11-7-2)18-13-12-17(5)20(16-18)22-19(8-3)9-4/h12-13,16,19H,6-11,14-15H2,1-5H3. The average Bonchev–Trinajstić information content (AvgIpc) is 2.54. The fraction of sp³-hybridized carbons (Fsp3) is 0.700. The van der Waals surface area contributed by atoms with Crippen molar-refractivity contribution in [3.63, 3.8) is 0 Å². The lowest BCUT2D eigenvalue weighted by Gasteiger charge is -2.26. The Hall–Kier alpha value is -1.18. The van der Waals surface area contributed by atoms with Gasteiger partial charge >= 0.3 is 0 Å². The maximum absolute atomic E-state index is 6.22. The highest BCUT2D eigenvalue weighted by molar-refractivity contribution is 5.53. The highest BCUT2D eigenvalue weighted by Crippen LogP contribution is 2.27. The summed E-state index contributed by atoms with van der Waals surface area (Å²) in [5, 5.41) is 0. The van der Waals surface area contributed by atoms with E-state index in [0.717, 1.165) is 31.7 Å². The summed E-state index contributed by atoms with van der Waals surface area (Å²) in [6, 6.07) is 6.71. The van der Waals surface area contributed by atoms with Crippen LogP contribution in [0, 0.1) is 6.92 Å². The van der Waals surface area contributed by atoms with E-state index in [1.807, 2.05) is 0 Å². The molecule has 0 aliphatic heterocycles. The Morgan fingerprint density at radius 2 is 1.55 bits per heavy atom. The Morgan fingerprint density at radius 1 is 0.955 bits per heavy atom. The van der Waals surface area contributed by atoms with Crippen molar-refractivity contribution in [3.8, 4) is 5.75 Å². The molecule has 2 heteroatoms. The van der Waals surface area contributed by atoms with Gasteiger partial charge in [-0.25, -0.2) is 0 Å². The predicted molar refractivity (Wildman–Crippen MR) is 98.2 cm³/mol. The summed E-state index contributed by atoms with van der Waals surface area (Å²) in [6.45, 7) is 13.3. The fourth-order valence-corrected chi connectivity index (χ4v) is 2.62. The topological polar surface area (TPSA) is 12.5 Å². The van der Waals surface area contributed by atoms with E-state index in [9.17, 15) is 0 Å². The summed E-state index contributed by atoms with van der Waals surface area (Å²) in [5.41, 5.74) is 2.55. The van der Waals surface area contributed by atoms with E-state index >= 15 is 0 Å². The van der Waals surface area contributed by atoms with E-state index in [2.05, 4.69) is 57.7 Å². The lowest BCUT2D eigenvalue weighted by atomic mass is 10.1. The molecule has 0 heterocycles. The fourth-order valence-electron chi connectivity index (χ4n) is 2.62. The molecular weight excluding hydrogens is 270 g/mol. The second-order valence-electron chi connectivity index (χ2n) is 6.20. The number of ether oxygens (including phenoxy) is 1. The number of benzene rings is 1. The minimum Gasteiger partial charge on any atom is -0.490 e. The van der Waals surface area contributed by atoms with E-state index in [-0.39, 0.29) is 0 Å². The molecule has 0 aliphatic carbocycles. The van der Waals surface area contributed by atoms with E-state index in [1.54, 1.807) is 0 Å². The third-order valence-electron chi connectivity index (χ3n) is 4.30. The van der Waals surface area contributed by atoms with Crippen LogP contribution in [0.15, 0.2) is 18.2 Å². The van der Waals surface area contributed by atoms with Crippen molar-refractivity contribution in [2.75, 3.05) is 18.0 Å². The number of hydrogen-bond donors (Lipinski definition) is 0. The molecule has 0 fully saturated rings. The van der Waals surface area contributed by atoms with Gasteiger partial charge in [0.1, 0.15) is 5.75 Å². The molecule has 0 atom stereocenters. The normalized spacial score (nSPS) is 11.0. The zero-order valence-electron chi connectivity index (χ0n) is 15.3. The van der Waals surface area contributed by atoms with Gasteiger partial charge in [0.25, 0.3) is 0 Å². The Bertz CT molecular complexity index is 404. The van der Waals surface area contributed by atoms with Gasteiger partial charge in [-0.3, -0.25) is 0 Å². The molecule has 2 nitrogen and oxygen atoms in total. The molecule has 1 aromatic rings. The average molecular weight is 306 g/mol. The smallest absolute Gasteiger partial charge is 0.124 e. The maximum Gasteiger partial charge on any atom is 0.124 e. The first-order valence-electron chi connectivity index (χ1n) is 9.18. The summed E-state index contributed by atoms with van der Waals surface area (Å²) >= 11 is 0. The van der Waals surface area contributed by atoms with Gasteiger partial charge in [-0.15, -0.1) is 0 Å². The van der Waals surface area contributed by atoms with E-state index < -0.39 is 0 Å². The highest BCUT2D eigenvalue weighted by atomic mass is 16.5. The first-order chi connectivity index (χ1) is 10.7. The van der Waals surface area contributed by atoms with Crippen LogP contribution in [-0.4, -0.2) is 19.2 Å². The van der Waals surface area contributed by atoms with E-state index in [1.165, 1.54) is 36.9 Å². The first-order valence-corrected chi connectivity index (χ1v) is 9.18. The largest absolute Gasteiger partial charge is 0.490 e. The number of hydrogen-bond acceptors (Lipinski definition) is 2. The van der Waals surface area contributed by atoms with Crippen LogP contribution in [0.1, 0.15) is 71.8 Å². The molecule has 1 aromatic carbocycles. The molecular formula is C20H35NO. The highest BCUT2D eigenvalue weighted by Gasteiger charge is 2.11. The number of aryl methyl sites for hydroxylation is 1. The van der Waals surface area contributed by atoms with Crippen molar-refractivity contribution >= 4 is 5.69 Å². The molecule has 0 unspecified atom stereocenters. The summed E-state index contributed by atoms with van der Waals surface area (Å²) < 4.78 is 6.22. The quantitative estimate of drug-likeness (QED) is 0.499. The second-order valence-corrected chi connectivity index (χ2v) is 6.20. The molecule has 0 spiro atoms. The summed E-state index contributed by atoms with van der Waals surface area (Å²) in [6.07, 6.45) is 7.44. The minimum atomic E-state index is 0.327. The van der Waals surface area contributed by atoms with Crippen LogP contribution in [0.2, 0.25) is 0 Å². The van der Waals surface area contributed by atoms with Crippen LogP contribution in [0.4, 0.5) is 5.69 Å². The Morgan fingerprint density at radius 3 is 2.05 bits per heavy atom. The van der Waals surface area contributed by atoms with Crippen LogP contribution in [0.25, 0.3) is 0 Å². The number of unbranched alkanes of at least 4 members (excludes halogenated alkanes) is 2. The van der Waals surface area contributed by atoms with Gasteiger partial charge in [0.15, 0.2) is 0 Å². The van der Waals surface area contributed by atoms with Crippen LogP contribution in [0.3, 0.4) is 0 Å². The Labute approximate surface area is 137 Å². The molecule has 0 saturated heterocycles. The molecule has 0 aromatic heterocycles. The van der Waals surface area contributed by atoms with Crippen molar-refractivity contribution in [2.24, 2.45) is 0 Å². The van der Waals surface area contributed by atoms with Crippen molar-refractivity contribution in [1.82, 2.24) is 0 Å². The molecule has 0 amide bonds. The molecule has 0 aliphatic rings. The maximum atomic E-state index is 6.22. The second kappa shape index (κ2) is 10.5. The number of nitrogens with zero attached hydrogens (tertiary/aromatic N) is 1. The first kappa shape index (κ1) is 18.9. The zero-order valence-corrected chi connectivity index (χ0v) is 15.3. The van der Waals surface area contributed by atoms with Gasteiger partial charge in [0.2, 0.25) is 0 Å². The van der Waals surface area contributed by atoms with Crippen LogP contribution >= 0.6 is 0 Å². The van der Waals surface area contributed by atoms with Gasteiger partial charge < -0.3 is 9.64 Å². The van der Waals surface area contributed by atoms with Crippen molar-refractivity contribution in [1.29, 1.82) is 0 Å². The third kappa shape index (κ3) is 5.90. The van der Waals surface area contributed by atoms with Gasteiger partial charge in [0, 0.05) is 24.8 Å². The molecule has 0 saturated carbocycles. The Balaban J connectivity index is 2.90. The van der Waals surface area contributed by atoms with Gasteiger partial charge in [-0.1, -0.05) is 46.6 Å². The van der Waals surface area contributed by atoms with Crippen LogP contribution < -0.4 is 9.64 Å². The van der Waals surface area contributed by atoms with Crippen molar-refractivity contribution in [3.05, 3.63) is 23.8 Å². The Kier molecular flexibility index (Phi) is 9.03. The van der Waals surface area contributed by atoms with Gasteiger partial charge in [0.05, 0.1) is 6.10 Å². The molecule has 126 valence electrons. The predicted octanol–water partition coefficient (Wildman–Crippen LogP) is 5.97. The third-order valence-corrected chi connectivity index (χ3v) is 4.30. The lowest BCUT2D eigenvalue weighted by molar-refractivity contribution is 0.191. The lowest BCUT2D eigenvalue weighted by Crippen LogP contribution is -2.25. The van der Waals surface area contributed by atoms with E-state index in [4.69, 9.17) is 4.74 Å². The van der Waals surface area contributed by atoms with Crippen molar-refractivity contribution < 1.29 is 4.74 Å². The van der Waals surface area contributed by atoms with Gasteiger partial charge in [-0.2, -0.15) is 0 Å². The number of anilines is 1. The molecule has 22 heavy (non-hydrogen) atoms. The van der Waals surface area contributed by atoms with Crippen LogP contribution in [0.5, 0.6) is 5.75 Å². The molecule has 0 N–H and O–H groups in total. The molecule has 1 rings (SSSR count). The summed E-state index contributed by atoms with van der Waals surface area (Å²) in [4.78, 5) is 2.52. The molecule has 0 bridgehead atoms. The van der Waals surface area contributed by atoms with E-state index in [0.29, 0.717) is 6.10 Å². The summed E-state index contributed by atoms with van der Waals surface area (Å²) in [7, 11) is 0. The van der Waals surface area contributed by atoms with Crippen LogP contribution in [-0.2, 0) is 0 Å². The van der Waals surface area contributed by atoms with Crippen molar-refractivity contribution in [2.45, 2.75) is 79.2 Å². The summed E-state index contributed by atoms with van der Waals surface area (Å²) in [5.74, 6) is 1.06. The monoisotopic (exact) mass is 305 g/mol. The number of rotatable bonds is 11. The zero-order chi connectivity index (χ0) is 16.4. The van der Waals surface area contributed by atoms with Gasteiger partial charge in [-0.05, 0) is 44.2 Å². The SMILES string of the molecule is CCCCN(CCCC)c1ccc(C)c(OC(CC)CC)c1. The molecule has 0 radical (unpaired) electrons.